The first kappa shape index (κ1) is 16.8. The Balaban J connectivity index is 2.26. The van der Waals surface area contributed by atoms with Crippen LogP contribution in [0.15, 0.2) is 0 Å². The predicted octanol–water partition coefficient (Wildman–Crippen LogP) is 2.65. The Kier molecular flexibility index (Phi) is 4.24. The number of hydrogen-bond donors (Lipinski definition) is 2. The average molecular weight is 311 g/mol. The molecule has 0 aliphatic heterocycles. The maximum atomic E-state index is 12.2. The molecule has 0 radical (unpaired) electrons. The van der Waals surface area contributed by atoms with E-state index < -0.39 is 28.6 Å². The monoisotopic (exact) mass is 311 g/mol. The van der Waals surface area contributed by atoms with E-state index >= 15 is 0 Å². The highest BCUT2D eigenvalue weighted by Crippen LogP contribution is 2.53. The summed E-state index contributed by atoms with van der Waals surface area (Å²) in [5, 5.41) is 12.6. The Bertz CT molecular complexity index is 477. The van der Waals surface area contributed by atoms with Gasteiger partial charge in [0.25, 0.3) is 0 Å². The van der Waals surface area contributed by atoms with Gasteiger partial charge in [-0.3, -0.25) is 9.59 Å². The van der Waals surface area contributed by atoms with Crippen molar-refractivity contribution in [3.05, 3.63) is 0 Å². The van der Waals surface area contributed by atoms with Crippen LogP contribution in [0, 0.1) is 5.41 Å². The molecule has 0 aromatic rings. The van der Waals surface area contributed by atoms with Crippen LogP contribution in [0.5, 0.6) is 0 Å². The van der Waals surface area contributed by atoms with Crippen molar-refractivity contribution < 1.29 is 24.2 Å². The summed E-state index contributed by atoms with van der Waals surface area (Å²) < 4.78 is 5.31. The van der Waals surface area contributed by atoms with Crippen LogP contribution in [0.4, 0.5) is 4.79 Å². The molecule has 0 unspecified atom stereocenters. The number of carbonyl (C=O) groups is 3. The first-order valence-electron chi connectivity index (χ1n) is 7.87. The number of carboxylic acid groups (broad SMARTS) is 1. The minimum atomic E-state index is -1.18. The molecule has 2 aliphatic rings. The summed E-state index contributed by atoms with van der Waals surface area (Å²) in [4.78, 5) is 35.6. The van der Waals surface area contributed by atoms with Crippen molar-refractivity contribution in [2.45, 2.75) is 76.9 Å². The van der Waals surface area contributed by atoms with Gasteiger partial charge in [0.2, 0.25) is 0 Å². The minimum Gasteiger partial charge on any atom is -0.481 e. The predicted molar refractivity (Wildman–Crippen MR) is 79.5 cm³/mol. The lowest BCUT2D eigenvalue weighted by Gasteiger charge is -2.54. The molecule has 0 spiro atoms. The smallest absolute Gasteiger partial charge is 0.408 e. The molecular formula is C16H25NO5. The van der Waals surface area contributed by atoms with Crippen molar-refractivity contribution in [2.24, 2.45) is 5.41 Å². The van der Waals surface area contributed by atoms with E-state index in [1.807, 2.05) is 0 Å². The van der Waals surface area contributed by atoms with E-state index in [0.717, 1.165) is 19.3 Å². The van der Waals surface area contributed by atoms with Crippen molar-refractivity contribution in [1.29, 1.82) is 0 Å². The van der Waals surface area contributed by atoms with Crippen LogP contribution in [0.25, 0.3) is 0 Å². The van der Waals surface area contributed by atoms with Crippen molar-refractivity contribution in [2.75, 3.05) is 0 Å². The molecule has 2 saturated carbocycles. The molecule has 2 N–H and O–H groups in total. The fourth-order valence-corrected chi connectivity index (χ4v) is 3.69. The first-order valence-corrected chi connectivity index (χ1v) is 7.87. The van der Waals surface area contributed by atoms with Gasteiger partial charge in [0, 0.05) is 12.8 Å². The van der Waals surface area contributed by atoms with Gasteiger partial charge in [-0.1, -0.05) is 19.3 Å². The summed E-state index contributed by atoms with van der Waals surface area (Å²) in [5.74, 6) is -1.05. The molecule has 0 heterocycles. The number of nitrogens with one attached hydrogen (secondary N) is 1. The van der Waals surface area contributed by atoms with Gasteiger partial charge < -0.3 is 15.2 Å². The Morgan fingerprint density at radius 2 is 1.68 bits per heavy atom. The van der Waals surface area contributed by atoms with Gasteiger partial charge in [-0.2, -0.15) is 0 Å². The third-order valence-electron chi connectivity index (χ3n) is 4.77. The van der Waals surface area contributed by atoms with Gasteiger partial charge in [0.05, 0.1) is 5.54 Å². The van der Waals surface area contributed by atoms with E-state index in [1.54, 1.807) is 20.8 Å². The number of carbonyl (C=O) groups excluding carboxylic acids is 2. The molecule has 1 amide bonds. The van der Waals surface area contributed by atoms with Crippen LogP contribution in [-0.4, -0.2) is 34.1 Å². The Morgan fingerprint density at radius 1 is 1.14 bits per heavy atom. The maximum absolute atomic E-state index is 12.2. The van der Waals surface area contributed by atoms with E-state index in [0.29, 0.717) is 12.8 Å². The third kappa shape index (κ3) is 2.96. The summed E-state index contributed by atoms with van der Waals surface area (Å²) >= 11 is 0. The van der Waals surface area contributed by atoms with Gasteiger partial charge in [0.1, 0.15) is 16.8 Å². The second-order valence-corrected chi connectivity index (χ2v) is 7.55. The zero-order valence-electron chi connectivity index (χ0n) is 13.5. The van der Waals surface area contributed by atoms with Gasteiger partial charge >= 0.3 is 12.1 Å². The molecular weight excluding hydrogens is 286 g/mol. The molecule has 6 heteroatoms. The largest absolute Gasteiger partial charge is 0.481 e. The van der Waals surface area contributed by atoms with Gasteiger partial charge in [-0.15, -0.1) is 0 Å². The van der Waals surface area contributed by atoms with Crippen LogP contribution < -0.4 is 5.32 Å². The Morgan fingerprint density at radius 3 is 2.09 bits per heavy atom. The standard InChI is InChI=1S/C16H25NO5/c1-14(2,3)22-13(21)17-16(7-5-4-6-8-16)15(12(19)20)9-11(18)10-15/h4-10H2,1-3H3,(H,17,21)(H,19,20). The molecule has 0 saturated heterocycles. The quantitative estimate of drug-likeness (QED) is 0.836. The second kappa shape index (κ2) is 5.56. The van der Waals surface area contributed by atoms with Crippen LogP contribution in [0.2, 0.25) is 0 Å². The highest BCUT2D eigenvalue weighted by atomic mass is 16.6. The zero-order valence-corrected chi connectivity index (χ0v) is 13.5. The molecule has 0 atom stereocenters. The van der Waals surface area contributed by atoms with Gasteiger partial charge in [0.15, 0.2) is 0 Å². The molecule has 0 aromatic carbocycles. The zero-order chi connectivity index (χ0) is 16.6. The fourth-order valence-electron chi connectivity index (χ4n) is 3.69. The van der Waals surface area contributed by atoms with Crippen molar-refractivity contribution in [3.63, 3.8) is 0 Å². The normalized spacial score (nSPS) is 23.3. The van der Waals surface area contributed by atoms with Crippen LogP contribution in [-0.2, 0) is 14.3 Å². The van der Waals surface area contributed by atoms with E-state index in [9.17, 15) is 19.5 Å². The van der Waals surface area contributed by atoms with Crippen molar-refractivity contribution >= 4 is 17.8 Å². The lowest BCUT2D eigenvalue weighted by atomic mass is 9.52. The van der Waals surface area contributed by atoms with E-state index in [-0.39, 0.29) is 18.6 Å². The van der Waals surface area contributed by atoms with Gasteiger partial charge in [-0.05, 0) is 33.6 Å². The summed E-state index contributed by atoms with van der Waals surface area (Å²) in [6.07, 6.45) is 3.25. The number of alkyl carbamates (subject to hydrolysis) is 1. The molecule has 2 fully saturated rings. The third-order valence-corrected chi connectivity index (χ3v) is 4.77. The number of ether oxygens (including phenoxy) is 1. The van der Waals surface area contributed by atoms with Gasteiger partial charge in [-0.25, -0.2) is 4.79 Å². The fraction of sp³-hybridized carbons (Fsp3) is 0.812. The number of carboxylic acids is 1. The second-order valence-electron chi connectivity index (χ2n) is 7.55. The van der Waals surface area contributed by atoms with Crippen LogP contribution >= 0.6 is 0 Å². The molecule has 22 heavy (non-hydrogen) atoms. The molecule has 6 nitrogen and oxygen atoms in total. The minimum absolute atomic E-state index is 0.00185. The number of amides is 1. The maximum Gasteiger partial charge on any atom is 0.408 e. The molecule has 2 rings (SSSR count). The molecule has 0 aromatic heterocycles. The topological polar surface area (TPSA) is 92.7 Å². The van der Waals surface area contributed by atoms with E-state index in [4.69, 9.17) is 4.74 Å². The van der Waals surface area contributed by atoms with E-state index in [2.05, 4.69) is 5.32 Å². The highest BCUT2D eigenvalue weighted by Gasteiger charge is 2.64. The van der Waals surface area contributed by atoms with Crippen molar-refractivity contribution in [3.8, 4) is 0 Å². The summed E-state index contributed by atoms with van der Waals surface area (Å²) in [6, 6.07) is 0. The van der Waals surface area contributed by atoms with Crippen LogP contribution in [0.3, 0.4) is 0 Å². The van der Waals surface area contributed by atoms with E-state index in [1.165, 1.54) is 0 Å². The molecule has 2 aliphatic carbocycles. The average Bonchev–Trinajstić information content (AvgIpc) is 2.32. The Labute approximate surface area is 130 Å². The number of aliphatic carboxylic acids is 1. The SMILES string of the molecule is CC(C)(C)OC(=O)NC1(C2(C(=O)O)CC(=O)C2)CCCCC1. The number of Topliss-reactive ketones (excluding diaryl/α,β-unsaturated/α-hetero) is 1. The summed E-state index contributed by atoms with van der Waals surface area (Å²) in [6.45, 7) is 5.29. The molecule has 124 valence electrons. The highest BCUT2D eigenvalue weighted by molar-refractivity contribution is 5.98. The number of rotatable bonds is 3. The summed E-state index contributed by atoms with van der Waals surface area (Å²) in [7, 11) is 0. The first-order chi connectivity index (χ1) is 10.1. The summed E-state index contributed by atoms with van der Waals surface area (Å²) in [5.41, 5.74) is -2.71. The van der Waals surface area contributed by atoms with Crippen molar-refractivity contribution in [1.82, 2.24) is 5.32 Å². The Hall–Kier alpha value is -1.59. The molecule has 0 bridgehead atoms. The lowest BCUT2D eigenvalue weighted by Crippen LogP contribution is -2.68. The number of ketones is 1. The van der Waals surface area contributed by atoms with Crippen LogP contribution in [0.1, 0.15) is 65.7 Å². The lowest BCUT2D eigenvalue weighted by molar-refractivity contribution is -0.171. The number of hydrogen-bond acceptors (Lipinski definition) is 4.